The molecule has 1 aliphatic heterocycles. The molecule has 0 aliphatic carbocycles. The molecule has 0 saturated carbocycles. The monoisotopic (exact) mass is 663 g/mol. The first-order valence-corrected chi connectivity index (χ1v) is 16.7. The lowest BCUT2D eigenvalue weighted by Gasteiger charge is -2.28. The Morgan fingerprint density at radius 1 is 1.30 bits per heavy atom. The average Bonchev–Trinajstić information content (AvgIpc) is 3.05. The summed E-state index contributed by atoms with van der Waals surface area (Å²) in [5.74, 6) is -0.310. The van der Waals surface area contributed by atoms with Crippen molar-refractivity contribution in [3.8, 4) is 0 Å². The van der Waals surface area contributed by atoms with E-state index in [-0.39, 0.29) is 35.7 Å². The van der Waals surface area contributed by atoms with E-state index >= 15 is 0 Å². The number of halogens is 2. The Hall–Kier alpha value is -0.800. The molecule has 0 bridgehead atoms. The molecule has 12 nitrogen and oxygen atoms in total. The second-order valence-electron chi connectivity index (χ2n) is 10.5. The van der Waals surface area contributed by atoms with Gasteiger partial charge in [-0.3, -0.25) is 23.9 Å². The number of aryl methyl sites for hydroxylation is 1. The number of hydrogen-bond acceptors (Lipinski definition) is 11. The second-order valence-corrected chi connectivity index (χ2v) is 16.2. The van der Waals surface area contributed by atoms with Crippen LogP contribution in [0.5, 0.6) is 0 Å². The Kier molecular flexibility index (Phi) is 12.5. The number of hydrogen-bond donors (Lipinski definition) is 3. The first-order chi connectivity index (χ1) is 18.3. The molecular formula is C23H36Cl2N3O9PS2. The minimum atomic E-state index is -3.45. The van der Waals surface area contributed by atoms with Gasteiger partial charge in [0.05, 0.1) is 19.3 Å². The van der Waals surface area contributed by atoms with Crippen molar-refractivity contribution in [3.63, 3.8) is 0 Å². The normalized spacial score (nSPS) is 23.1. The fraction of sp³-hybridized carbons (Fsp3) is 0.739. The van der Waals surface area contributed by atoms with Crippen LogP contribution in [0, 0.1) is 12.3 Å². The van der Waals surface area contributed by atoms with Gasteiger partial charge < -0.3 is 23.6 Å². The largest absolute Gasteiger partial charge is 0.462 e. The van der Waals surface area contributed by atoms with Gasteiger partial charge in [-0.1, -0.05) is 55.7 Å². The van der Waals surface area contributed by atoms with Crippen LogP contribution in [0.2, 0.25) is 0 Å². The van der Waals surface area contributed by atoms with E-state index in [0.717, 1.165) is 16.3 Å². The molecule has 1 aromatic rings. The van der Waals surface area contributed by atoms with Crippen LogP contribution < -0.4 is 16.3 Å². The van der Waals surface area contributed by atoms with Gasteiger partial charge in [-0.2, -0.15) is 0 Å². The molecule has 2 rings (SSSR count). The average molecular weight is 665 g/mol. The zero-order valence-electron chi connectivity index (χ0n) is 23.3. The highest BCUT2D eigenvalue weighted by Crippen LogP contribution is 2.49. The number of aliphatic hydroxyl groups excluding tert-OH is 1. The van der Waals surface area contributed by atoms with Gasteiger partial charge in [-0.15, -0.1) is 0 Å². The highest BCUT2D eigenvalue weighted by atomic mass is 35.5. The van der Waals surface area contributed by atoms with Crippen LogP contribution in [0.25, 0.3) is 0 Å². The first-order valence-electron chi connectivity index (χ1n) is 12.4. The van der Waals surface area contributed by atoms with Crippen molar-refractivity contribution in [1.29, 1.82) is 0 Å². The third kappa shape index (κ3) is 9.35. The lowest BCUT2D eigenvalue weighted by molar-refractivity contribution is -0.149. The molecule has 0 amide bonds. The van der Waals surface area contributed by atoms with E-state index in [1.807, 2.05) is 0 Å². The third-order valence-electron chi connectivity index (χ3n) is 5.43. The second kappa shape index (κ2) is 14.1. The van der Waals surface area contributed by atoms with Crippen molar-refractivity contribution in [1.82, 2.24) is 14.6 Å². The van der Waals surface area contributed by atoms with E-state index in [9.17, 15) is 24.3 Å². The highest BCUT2D eigenvalue weighted by molar-refractivity contribution is 8.13. The summed E-state index contributed by atoms with van der Waals surface area (Å²) in [4.78, 5) is 51.0. The Morgan fingerprint density at radius 3 is 2.50 bits per heavy atom. The van der Waals surface area contributed by atoms with Gasteiger partial charge in [0.25, 0.3) is 12.2 Å². The van der Waals surface area contributed by atoms with E-state index < -0.39 is 58.1 Å². The smallest absolute Gasteiger partial charge is 0.330 e. The van der Waals surface area contributed by atoms with Crippen molar-refractivity contribution in [2.45, 2.75) is 83.4 Å². The summed E-state index contributed by atoms with van der Waals surface area (Å²) in [6, 6.07) is -0.915. The van der Waals surface area contributed by atoms with E-state index in [1.165, 1.54) is 20.0 Å². The van der Waals surface area contributed by atoms with Crippen LogP contribution in [0.4, 0.5) is 0 Å². The van der Waals surface area contributed by atoms with Crippen LogP contribution in [-0.4, -0.2) is 73.4 Å². The van der Waals surface area contributed by atoms with Crippen molar-refractivity contribution >= 4 is 64.5 Å². The summed E-state index contributed by atoms with van der Waals surface area (Å²) >= 11 is 19.5. The molecule has 0 radical (unpaired) electrons. The molecule has 3 N–H and O–H groups in total. The molecule has 0 spiro atoms. The molecule has 40 heavy (non-hydrogen) atoms. The molecule has 228 valence electrons. The van der Waals surface area contributed by atoms with E-state index in [1.54, 1.807) is 34.6 Å². The molecule has 2 unspecified atom stereocenters. The summed E-state index contributed by atoms with van der Waals surface area (Å²) in [7, 11) is 0. The zero-order chi connectivity index (χ0) is 30.6. The van der Waals surface area contributed by atoms with E-state index in [4.69, 9.17) is 53.5 Å². The molecule has 1 fully saturated rings. The van der Waals surface area contributed by atoms with Crippen LogP contribution in [0.1, 0.15) is 53.3 Å². The molecule has 1 aliphatic rings. The number of carbonyl (C=O) groups excluding carboxylic acids is 2. The number of ether oxygens (including phenoxy) is 2. The lowest BCUT2D eigenvalue weighted by atomic mass is 10.00. The first kappa shape index (κ1) is 35.4. The molecular weight excluding hydrogens is 628 g/mol. The number of alkyl halides is 2. The van der Waals surface area contributed by atoms with Crippen LogP contribution in [-0.2, 0) is 39.9 Å². The van der Waals surface area contributed by atoms with Crippen LogP contribution >= 0.6 is 41.6 Å². The Labute approximate surface area is 252 Å². The molecule has 1 aromatic heterocycles. The number of rotatable bonds is 12. The summed E-state index contributed by atoms with van der Waals surface area (Å²) in [6.07, 6.45) is -3.26. The number of aromatic nitrogens is 2. The summed E-state index contributed by atoms with van der Waals surface area (Å²) in [6.45, 7) is 7.99. The van der Waals surface area contributed by atoms with Crippen molar-refractivity contribution in [2.24, 2.45) is 5.41 Å². The van der Waals surface area contributed by atoms with Gasteiger partial charge in [0.2, 0.25) is 0 Å². The maximum Gasteiger partial charge on any atom is 0.330 e. The molecule has 0 aromatic carbocycles. The maximum absolute atomic E-state index is 12.4. The number of esters is 1. The van der Waals surface area contributed by atoms with Crippen molar-refractivity contribution in [2.75, 3.05) is 19.0 Å². The molecule has 2 heterocycles. The number of nitrogens with zero attached hydrogens (tertiary/aromatic N) is 1. The minimum absolute atomic E-state index is 0.0143. The van der Waals surface area contributed by atoms with E-state index in [0.29, 0.717) is 0 Å². The highest BCUT2D eigenvalue weighted by Gasteiger charge is 2.56. The fourth-order valence-corrected chi connectivity index (χ4v) is 7.14. The predicted octanol–water partition coefficient (Wildman–Crippen LogP) is 2.77. The quantitative estimate of drug-likeness (QED) is 0.130. The van der Waals surface area contributed by atoms with Gasteiger partial charge in [0.15, 0.2) is 15.7 Å². The summed E-state index contributed by atoms with van der Waals surface area (Å²) in [5.41, 5.74) is -1.77. The Balaban J connectivity index is 2.19. The summed E-state index contributed by atoms with van der Waals surface area (Å²) in [5, 5.41) is 13.7. The van der Waals surface area contributed by atoms with Crippen molar-refractivity contribution in [3.05, 3.63) is 32.6 Å². The van der Waals surface area contributed by atoms with Gasteiger partial charge in [0, 0.05) is 22.9 Å². The van der Waals surface area contributed by atoms with Gasteiger partial charge in [-0.05, 0) is 39.5 Å². The lowest BCUT2D eigenvalue weighted by Crippen LogP contribution is -2.42. The fourth-order valence-electron chi connectivity index (χ4n) is 3.28. The van der Waals surface area contributed by atoms with Gasteiger partial charge in [-0.25, -0.2) is 9.88 Å². The standard InChI is InChI=1S/C23H36Cl2N3O9PS2/c1-12(2)36-18(31)14(4)27-38(39,34-8-9-40-20(32)22(5,6)7)35-11-15-16(29)23(24,25)19(37-15)28-10-13(3)17(30)26-21(28)33/h10,12,14-16,19,29H,8-9,11H2,1-7H3,(H,27,39)(H,26,30,33)/t14?,15-,16-,19-,38?/m1/s1. The number of aromatic amines is 1. The number of aliphatic hydroxyl groups is 1. The number of H-pyrrole nitrogens is 1. The number of carbonyl (C=O) groups is 2. The van der Waals surface area contributed by atoms with Gasteiger partial charge in [0.1, 0.15) is 18.2 Å². The van der Waals surface area contributed by atoms with Gasteiger partial charge >= 0.3 is 11.7 Å². The molecule has 5 atom stereocenters. The SMILES string of the molecule is Cc1cn([C@@H]2O[C@H](COP(=S)(NC(C)C(=O)OC(C)C)OCCSC(=O)C(C)(C)C)[C@@H](O)C2(Cl)Cl)c(=O)[nH]c1=O. The maximum atomic E-state index is 12.4. The number of thioether (sulfide) groups is 1. The summed E-state index contributed by atoms with van der Waals surface area (Å²) < 4.78 is 21.7. The van der Waals surface area contributed by atoms with Crippen LogP contribution in [0.3, 0.4) is 0 Å². The van der Waals surface area contributed by atoms with Crippen LogP contribution in [0.15, 0.2) is 15.8 Å². The van der Waals surface area contributed by atoms with E-state index in [2.05, 4.69) is 10.1 Å². The minimum Gasteiger partial charge on any atom is -0.462 e. The zero-order valence-corrected chi connectivity index (χ0v) is 27.3. The predicted molar refractivity (Wildman–Crippen MR) is 157 cm³/mol. The third-order valence-corrected chi connectivity index (χ3v) is 10.2. The topological polar surface area (TPSA) is 158 Å². The molecule has 17 heteroatoms. The Morgan fingerprint density at radius 2 is 1.93 bits per heavy atom. The Bertz CT molecular complexity index is 1240. The van der Waals surface area contributed by atoms with Crippen molar-refractivity contribution < 1.29 is 33.2 Å². The molecule has 1 saturated heterocycles. The number of nitrogens with one attached hydrogen (secondary N) is 2.